The summed E-state index contributed by atoms with van der Waals surface area (Å²) in [6, 6.07) is 6.08. The molecule has 18 heavy (non-hydrogen) atoms. The van der Waals surface area contributed by atoms with Gasteiger partial charge in [0.25, 0.3) is 0 Å². The highest BCUT2D eigenvalue weighted by atomic mass is 16.5. The normalized spacial score (nSPS) is 11.6. The van der Waals surface area contributed by atoms with Crippen molar-refractivity contribution < 1.29 is 4.74 Å². The highest BCUT2D eigenvalue weighted by Gasteiger charge is 2.20. The molecular formula is C14H19N3O. The summed E-state index contributed by atoms with van der Waals surface area (Å²) in [4.78, 5) is 0. The minimum absolute atomic E-state index is 0.0137. The largest absolute Gasteiger partial charge is 0.496 e. The zero-order chi connectivity index (χ0) is 13.3. The Labute approximate surface area is 107 Å². The van der Waals surface area contributed by atoms with E-state index in [4.69, 9.17) is 10.5 Å². The second kappa shape index (κ2) is 4.37. The van der Waals surface area contributed by atoms with Crippen LogP contribution in [0.5, 0.6) is 5.75 Å². The van der Waals surface area contributed by atoms with E-state index in [9.17, 15) is 0 Å². The molecular weight excluding hydrogens is 226 g/mol. The van der Waals surface area contributed by atoms with Gasteiger partial charge in [0.1, 0.15) is 11.6 Å². The SMILES string of the molecule is COc1ccc(-c2cn[nH]c2N)cc1C(C)(C)C. The number of H-pyrrole nitrogens is 1. The number of nitrogens with zero attached hydrogens (tertiary/aromatic N) is 1. The summed E-state index contributed by atoms with van der Waals surface area (Å²) in [5.41, 5.74) is 8.99. The molecule has 2 rings (SSSR count). The van der Waals surface area contributed by atoms with Crippen molar-refractivity contribution in [3.05, 3.63) is 30.0 Å². The molecule has 0 aliphatic rings. The van der Waals surface area contributed by atoms with Gasteiger partial charge < -0.3 is 10.5 Å². The van der Waals surface area contributed by atoms with Crippen molar-refractivity contribution in [2.75, 3.05) is 12.8 Å². The fraction of sp³-hybridized carbons (Fsp3) is 0.357. The van der Waals surface area contributed by atoms with Crippen LogP contribution >= 0.6 is 0 Å². The van der Waals surface area contributed by atoms with Gasteiger partial charge in [-0.15, -0.1) is 0 Å². The van der Waals surface area contributed by atoms with Crippen LogP contribution in [-0.4, -0.2) is 17.3 Å². The van der Waals surface area contributed by atoms with E-state index < -0.39 is 0 Å². The van der Waals surface area contributed by atoms with Gasteiger partial charge >= 0.3 is 0 Å². The second-order valence-corrected chi connectivity index (χ2v) is 5.36. The third kappa shape index (κ3) is 2.18. The Morgan fingerprint density at radius 2 is 2.00 bits per heavy atom. The molecule has 0 aliphatic carbocycles. The van der Waals surface area contributed by atoms with Crippen molar-refractivity contribution in [1.29, 1.82) is 0 Å². The van der Waals surface area contributed by atoms with Gasteiger partial charge in [0, 0.05) is 11.1 Å². The summed E-state index contributed by atoms with van der Waals surface area (Å²) < 4.78 is 5.42. The molecule has 0 unspecified atom stereocenters. The van der Waals surface area contributed by atoms with Gasteiger partial charge in [0.05, 0.1) is 13.3 Å². The van der Waals surface area contributed by atoms with E-state index in [1.54, 1.807) is 13.3 Å². The number of ether oxygens (including phenoxy) is 1. The van der Waals surface area contributed by atoms with E-state index in [0.29, 0.717) is 5.82 Å². The fourth-order valence-electron chi connectivity index (χ4n) is 1.99. The second-order valence-electron chi connectivity index (χ2n) is 5.36. The molecule has 4 nitrogen and oxygen atoms in total. The number of methoxy groups -OCH3 is 1. The Kier molecular flexibility index (Phi) is 3.03. The predicted octanol–water partition coefficient (Wildman–Crippen LogP) is 2.97. The lowest BCUT2D eigenvalue weighted by molar-refractivity contribution is 0.397. The molecule has 0 aliphatic heterocycles. The van der Waals surface area contributed by atoms with E-state index in [2.05, 4.69) is 37.0 Å². The lowest BCUT2D eigenvalue weighted by atomic mass is 9.85. The Balaban J connectivity index is 2.57. The standard InChI is InChI=1S/C14H19N3O/c1-14(2,3)11-7-9(5-6-12(11)18-4)10-8-16-17-13(10)15/h5-8H,1-4H3,(H3,15,16,17). The summed E-state index contributed by atoms with van der Waals surface area (Å²) in [6.45, 7) is 6.48. The smallest absolute Gasteiger partial charge is 0.126 e. The first-order valence-corrected chi connectivity index (χ1v) is 5.91. The quantitative estimate of drug-likeness (QED) is 0.855. The number of nitrogens with two attached hydrogens (primary N) is 1. The fourth-order valence-corrected chi connectivity index (χ4v) is 1.99. The number of aromatic nitrogens is 2. The maximum Gasteiger partial charge on any atom is 0.126 e. The van der Waals surface area contributed by atoms with E-state index in [-0.39, 0.29) is 5.41 Å². The molecule has 4 heteroatoms. The number of nitrogen functional groups attached to an aromatic ring is 1. The summed E-state index contributed by atoms with van der Waals surface area (Å²) in [5.74, 6) is 1.48. The van der Waals surface area contributed by atoms with E-state index >= 15 is 0 Å². The number of hydrogen-bond donors (Lipinski definition) is 2. The third-order valence-electron chi connectivity index (χ3n) is 2.99. The van der Waals surface area contributed by atoms with Crippen molar-refractivity contribution in [3.8, 4) is 16.9 Å². The van der Waals surface area contributed by atoms with Crippen LogP contribution in [0, 0.1) is 0 Å². The molecule has 0 radical (unpaired) electrons. The first-order chi connectivity index (χ1) is 8.43. The maximum atomic E-state index is 5.85. The molecule has 0 amide bonds. The van der Waals surface area contributed by atoms with Crippen LogP contribution in [0.25, 0.3) is 11.1 Å². The molecule has 0 saturated heterocycles. The van der Waals surface area contributed by atoms with Gasteiger partial charge in [-0.3, -0.25) is 5.10 Å². The summed E-state index contributed by atoms with van der Waals surface area (Å²) in [5, 5.41) is 6.70. The molecule has 1 aromatic heterocycles. The molecule has 1 heterocycles. The number of anilines is 1. The van der Waals surface area contributed by atoms with E-state index in [1.165, 1.54) is 0 Å². The monoisotopic (exact) mass is 245 g/mol. The Morgan fingerprint density at radius 3 is 2.50 bits per heavy atom. The summed E-state index contributed by atoms with van der Waals surface area (Å²) in [6.07, 6.45) is 1.74. The lowest BCUT2D eigenvalue weighted by Crippen LogP contribution is -2.13. The number of nitrogens with one attached hydrogen (secondary N) is 1. The van der Waals surface area contributed by atoms with Crippen LogP contribution in [0.4, 0.5) is 5.82 Å². The minimum atomic E-state index is 0.0137. The highest BCUT2D eigenvalue weighted by molar-refractivity contribution is 5.74. The molecule has 0 fully saturated rings. The first-order valence-electron chi connectivity index (χ1n) is 5.91. The summed E-state index contributed by atoms with van der Waals surface area (Å²) in [7, 11) is 1.69. The zero-order valence-corrected chi connectivity index (χ0v) is 11.2. The molecule has 0 atom stereocenters. The Morgan fingerprint density at radius 1 is 1.28 bits per heavy atom. The average Bonchev–Trinajstić information content (AvgIpc) is 2.73. The van der Waals surface area contributed by atoms with Gasteiger partial charge in [0.15, 0.2) is 0 Å². The number of benzene rings is 1. The van der Waals surface area contributed by atoms with Gasteiger partial charge in [-0.05, 0) is 23.1 Å². The van der Waals surface area contributed by atoms with Crippen LogP contribution in [0.15, 0.2) is 24.4 Å². The Hall–Kier alpha value is -1.97. The molecule has 0 bridgehead atoms. The van der Waals surface area contributed by atoms with Gasteiger partial charge in [0.2, 0.25) is 0 Å². The number of hydrogen-bond acceptors (Lipinski definition) is 3. The van der Waals surface area contributed by atoms with Crippen LogP contribution < -0.4 is 10.5 Å². The van der Waals surface area contributed by atoms with Crippen LogP contribution in [0.2, 0.25) is 0 Å². The van der Waals surface area contributed by atoms with Crippen molar-refractivity contribution in [2.45, 2.75) is 26.2 Å². The topological polar surface area (TPSA) is 63.9 Å². The number of rotatable bonds is 2. The van der Waals surface area contributed by atoms with Gasteiger partial charge in [-0.1, -0.05) is 26.8 Å². The van der Waals surface area contributed by atoms with E-state index in [0.717, 1.165) is 22.4 Å². The Bertz CT molecular complexity index is 552. The molecule has 3 N–H and O–H groups in total. The summed E-state index contributed by atoms with van der Waals surface area (Å²) >= 11 is 0. The molecule has 2 aromatic rings. The first kappa shape index (κ1) is 12.5. The van der Waals surface area contributed by atoms with Crippen LogP contribution in [-0.2, 0) is 5.41 Å². The zero-order valence-electron chi connectivity index (χ0n) is 11.2. The maximum absolute atomic E-state index is 5.85. The molecule has 0 spiro atoms. The van der Waals surface area contributed by atoms with Crippen LogP contribution in [0.1, 0.15) is 26.3 Å². The third-order valence-corrected chi connectivity index (χ3v) is 2.99. The van der Waals surface area contributed by atoms with Crippen molar-refractivity contribution in [3.63, 3.8) is 0 Å². The minimum Gasteiger partial charge on any atom is -0.496 e. The molecule has 0 saturated carbocycles. The van der Waals surface area contributed by atoms with Crippen LogP contribution in [0.3, 0.4) is 0 Å². The lowest BCUT2D eigenvalue weighted by Gasteiger charge is -2.22. The van der Waals surface area contributed by atoms with Crippen molar-refractivity contribution in [2.24, 2.45) is 0 Å². The molecule has 96 valence electrons. The van der Waals surface area contributed by atoms with Crippen molar-refractivity contribution >= 4 is 5.82 Å². The predicted molar refractivity (Wildman–Crippen MR) is 73.7 cm³/mol. The van der Waals surface area contributed by atoms with E-state index in [1.807, 2.05) is 12.1 Å². The highest BCUT2D eigenvalue weighted by Crippen LogP contribution is 2.35. The average molecular weight is 245 g/mol. The van der Waals surface area contributed by atoms with Gasteiger partial charge in [-0.2, -0.15) is 5.10 Å². The molecule has 1 aromatic carbocycles. The number of aromatic amines is 1. The van der Waals surface area contributed by atoms with Crippen molar-refractivity contribution in [1.82, 2.24) is 10.2 Å². The van der Waals surface area contributed by atoms with Gasteiger partial charge in [-0.25, -0.2) is 0 Å².